The van der Waals surface area contributed by atoms with Crippen LogP contribution in [0.15, 0.2) is 18.2 Å². The molecule has 1 aromatic carbocycles. The molecule has 8 heteroatoms. The van der Waals surface area contributed by atoms with Crippen molar-refractivity contribution < 1.29 is 17.9 Å². The first-order valence-corrected chi connectivity index (χ1v) is 7.40. The van der Waals surface area contributed by atoms with Crippen molar-refractivity contribution >= 4 is 27.3 Å². The number of rotatable bonds is 6. The summed E-state index contributed by atoms with van der Waals surface area (Å²) in [7, 11) is -1.98. The molecule has 106 valence electrons. The molecule has 0 aliphatic rings. The number of carbonyl (C=O) groups excluding carboxylic acids is 1. The Hall–Kier alpha value is -1.80. The zero-order chi connectivity index (χ0) is 14.5. The van der Waals surface area contributed by atoms with Gasteiger partial charge in [-0.25, -0.2) is 8.42 Å². The Morgan fingerprint density at radius 1 is 1.42 bits per heavy atom. The molecule has 0 bridgehead atoms. The number of benzene rings is 1. The first kappa shape index (κ1) is 15.3. The molecule has 1 rings (SSSR count). The molecule has 0 heterocycles. The lowest BCUT2D eigenvalue weighted by molar-refractivity contribution is -0.116. The number of methoxy groups -OCH3 is 1. The highest BCUT2D eigenvalue weighted by Gasteiger charge is 2.10. The van der Waals surface area contributed by atoms with Gasteiger partial charge in [-0.1, -0.05) is 0 Å². The number of nitrogens with one attached hydrogen (secondary N) is 2. The maximum absolute atomic E-state index is 11.4. The molecular weight excluding hydrogens is 270 g/mol. The van der Waals surface area contributed by atoms with Crippen molar-refractivity contribution in [1.29, 1.82) is 0 Å². The van der Waals surface area contributed by atoms with Crippen LogP contribution in [-0.4, -0.2) is 34.2 Å². The van der Waals surface area contributed by atoms with Crippen molar-refractivity contribution in [1.82, 2.24) is 0 Å². The average Bonchev–Trinajstić information content (AvgIpc) is 2.29. The zero-order valence-electron chi connectivity index (χ0n) is 10.8. The summed E-state index contributed by atoms with van der Waals surface area (Å²) >= 11 is 0. The minimum atomic E-state index is -3.39. The maximum Gasteiger partial charge on any atom is 0.229 e. The number of amides is 1. The zero-order valence-corrected chi connectivity index (χ0v) is 11.6. The third-order valence-electron chi connectivity index (χ3n) is 2.15. The summed E-state index contributed by atoms with van der Waals surface area (Å²) in [6, 6.07) is 4.62. The SMILES string of the molecule is COc1cc(NC(=O)CCN)ccc1NS(C)(=O)=O. The van der Waals surface area contributed by atoms with Gasteiger partial charge in [0.05, 0.1) is 19.1 Å². The molecule has 0 saturated carbocycles. The van der Waals surface area contributed by atoms with Crippen LogP contribution < -0.4 is 20.5 Å². The Kier molecular flexibility index (Phi) is 5.13. The Balaban J connectivity index is 2.92. The number of nitrogens with two attached hydrogens (primary N) is 1. The Bertz CT molecular complexity index is 557. The Morgan fingerprint density at radius 2 is 2.11 bits per heavy atom. The lowest BCUT2D eigenvalue weighted by atomic mass is 10.2. The largest absolute Gasteiger partial charge is 0.494 e. The molecule has 0 atom stereocenters. The molecule has 0 fully saturated rings. The van der Waals surface area contributed by atoms with Crippen molar-refractivity contribution in [3.63, 3.8) is 0 Å². The predicted octanol–water partition coefficient (Wildman–Crippen LogP) is 0.354. The molecule has 1 amide bonds. The summed E-state index contributed by atoms with van der Waals surface area (Å²) in [4.78, 5) is 11.4. The smallest absolute Gasteiger partial charge is 0.229 e. The monoisotopic (exact) mass is 287 g/mol. The summed E-state index contributed by atoms with van der Waals surface area (Å²) < 4.78 is 29.7. The molecule has 0 saturated heterocycles. The van der Waals surface area contributed by atoms with Crippen LogP contribution in [0.4, 0.5) is 11.4 Å². The van der Waals surface area contributed by atoms with E-state index in [4.69, 9.17) is 10.5 Å². The quantitative estimate of drug-likeness (QED) is 0.699. The van der Waals surface area contributed by atoms with Crippen molar-refractivity contribution in [2.75, 3.05) is 29.9 Å². The van der Waals surface area contributed by atoms with Gasteiger partial charge in [0.2, 0.25) is 15.9 Å². The fraction of sp³-hybridized carbons (Fsp3) is 0.364. The molecule has 0 aromatic heterocycles. The Labute approximate surface area is 112 Å². The van der Waals surface area contributed by atoms with Crippen LogP contribution >= 0.6 is 0 Å². The van der Waals surface area contributed by atoms with Crippen molar-refractivity contribution in [3.05, 3.63) is 18.2 Å². The lowest BCUT2D eigenvalue weighted by Gasteiger charge is -2.12. The lowest BCUT2D eigenvalue weighted by Crippen LogP contribution is -2.16. The number of hydrogen-bond donors (Lipinski definition) is 3. The van der Waals surface area contributed by atoms with E-state index in [2.05, 4.69) is 10.0 Å². The molecule has 1 aromatic rings. The van der Waals surface area contributed by atoms with Gasteiger partial charge in [0, 0.05) is 24.7 Å². The van der Waals surface area contributed by atoms with Crippen molar-refractivity contribution in [3.8, 4) is 5.75 Å². The summed E-state index contributed by atoms with van der Waals surface area (Å²) in [6.07, 6.45) is 1.26. The molecule has 0 unspecified atom stereocenters. The van der Waals surface area contributed by atoms with Crippen molar-refractivity contribution in [2.45, 2.75) is 6.42 Å². The van der Waals surface area contributed by atoms with E-state index in [-0.39, 0.29) is 18.9 Å². The molecule has 7 nitrogen and oxygen atoms in total. The second-order valence-corrected chi connectivity index (χ2v) is 5.62. The molecule has 0 radical (unpaired) electrons. The van der Waals surface area contributed by atoms with Crippen LogP contribution in [0, 0.1) is 0 Å². The van der Waals surface area contributed by atoms with E-state index in [1.165, 1.54) is 19.2 Å². The van der Waals surface area contributed by atoms with Gasteiger partial charge >= 0.3 is 0 Å². The highest BCUT2D eigenvalue weighted by atomic mass is 32.2. The number of carbonyl (C=O) groups is 1. The summed E-state index contributed by atoms with van der Waals surface area (Å²) in [5, 5.41) is 2.63. The van der Waals surface area contributed by atoms with Crippen molar-refractivity contribution in [2.24, 2.45) is 5.73 Å². The average molecular weight is 287 g/mol. The third-order valence-corrected chi connectivity index (χ3v) is 2.74. The highest BCUT2D eigenvalue weighted by Crippen LogP contribution is 2.28. The molecule has 0 aliphatic heterocycles. The first-order chi connectivity index (χ1) is 8.85. The topological polar surface area (TPSA) is 111 Å². The molecular formula is C11H17N3O4S. The number of anilines is 2. The van der Waals surface area contributed by atoms with E-state index in [1.54, 1.807) is 6.07 Å². The molecule has 0 spiro atoms. The normalized spacial score (nSPS) is 10.9. The first-order valence-electron chi connectivity index (χ1n) is 5.51. The van der Waals surface area contributed by atoms with Gasteiger partial charge in [-0.2, -0.15) is 0 Å². The minimum Gasteiger partial charge on any atom is -0.494 e. The fourth-order valence-electron chi connectivity index (χ4n) is 1.41. The second kappa shape index (κ2) is 6.39. The standard InChI is InChI=1S/C11H17N3O4S/c1-18-10-7-8(13-11(15)5-6-12)3-4-9(10)14-19(2,16)17/h3-4,7,14H,5-6,12H2,1-2H3,(H,13,15). The summed E-state index contributed by atoms with van der Waals surface area (Å²) in [5.74, 6) is 0.101. The van der Waals surface area contributed by atoms with Gasteiger partial charge in [0.25, 0.3) is 0 Å². The van der Waals surface area contributed by atoms with Gasteiger partial charge in [-0.3, -0.25) is 9.52 Å². The van der Waals surface area contributed by atoms with E-state index in [0.29, 0.717) is 17.1 Å². The van der Waals surface area contributed by atoms with Gasteiger partial charge < -0.3 is 15.8 Å². The van der Waals surface area contributed by atoms with E-state index in [0.717, 1.165) is 6.26 Å². The van der Waals surface area contributed by atoms with Crippen LogP contribution in [0.2, 0.25) is 0 Å². The number of sulfonamides is 1. The highest BCUT2D eigenvalue weighted by molar-refractivity contribution is 7.92. The molecule has 4 N–H and O–H groups in total. The van der Waals surface area contributed by atoms with E-state index >= 15 is 0 Å². The van der Waals surface area contributed by atoms with Crippen LogP contribution in [-0.2, 0) is 14.8 Å². The Morgan fingerprint density at radius 3 is 2.63 bits per heavy atom. The van der Waals surface area contributed by atoms with Crippen LogP contribution in [0.5, 0.6) is 5.75 Å². The maximum atomic E-state index is 11.4. The number of ether oxygens (including phenoxy) is 1. The fourth-order valence-corrected chi connectivity index (χ4v) is 1.98. The minimum absolute atomic E-state index is 0.214. The molecule has 19 heavy (non-hydrogen) atoms. The van der Waals surface area contributed by atoms with Gasteiger partial charge in [-0.15, -0.1) is 0 Å². The van der Waals surface area contributed by atoms with E-state index in [1.807, 2.05) is 0 Å². The third kappa shape index (κ3) is 5.14. The van der Waals surface area contributed by atoms with E-state index < -0.39 is 10.0 Å². The second-order valence-electron chi connectivity index (χ2n) is 3.88. The summed E-state index contributed by atoms with van der Waals surface area (Å²) in [5.41, 5.74) is 6.09. The van der Waals surface area contributed by atoms with Gasteiger partial charge in [0.15, 0.2) is 0 Å². The van der Waals surface area contributed by atoms with Crippen LogP contribution in [0.25, 0.3) is 0 Å². The summed E-state index contributed by atoms with van der Waals surface area (Å²) in [6.45, 7) is 0.261. The van der Waals surface area contributed by atoms with Gasteiger partial charge in [0.1, 0.15) is 5.75 Å². The predicted molar refractivity (Wildman–Crippen MR) is 73.8 cm³/mol. The number of hydrogen-bond acceptors (Lipinski definition) is 5. The van der Waals surface area contributed by atoms with Crippen LogP contribution in [0.3, 0.4) is 0 Å². The molecule has 0 aliphatic carbocycles. The van der Waals surface area contributed by atoms with Gasteiger partial charge in [-0.05, 0) is 12.1 Å². The van der Waals surface area contributed by atoms with E-state index in [9.17, 15) is 13.2 Å². The van der Waals surface area contributed by atoms with Crippen LogP contribution in [0.1, 0.15) is 6.42 Å².